The number of anilines is 1. The van der Waals surface area contributed by atoms with Crippen LogP contribution in [-0.4, -0.2) is 20.7 Å². The number of rotatable bonds is 1. The van der Waals surface area contributed by atoms with Gasteiger partial charge in [-0.1, -0.05) is 5.16 Å². The van der Waals surface area contributed by atoms with Crippen LogP contribution in [0.3, 0.4) is 0 Å². The van der Waals surface area contributed by atoms with Gasteiger partial charge in [-0.25, -0.2) is 4.63 Å². The van der Waals surface area contributed by atoms with Crippen molar-refractivity contribution in [2.45, 2.75) is 0 Å². The highest BCUT2D eigenvalue weighted by Crippen LogP contribution is 2.18. The van der Waals surface area contributed by atoms with E-state index < -0.39 is 0 Å². The van der Waals surface area contributed by atoms with Gasteiger partial charge in [-0.15, -0.1) is 5.10 Å². The summed E-state index contributed by atoms with van der Waals surface area (Å²) >= 11 is 0. The fraction of sp³-hybridized carbons (Fsp3) is 0. The normalized spacial score (nSPS) is 10.2. The zero-order valence-electron chi connectivity index (χ0n) is 5.26. The Morgan fingerprint density at radius 3 is 2.91 bits per heavy atom. The average molecular weight is 153 g/mol. The number of nitrogens with two attached hydrogens (primary N) is 1. The van der Waals surface area contributed by atoms with Crippen LogP contribution in [0.25, 0.3) is 11.4 Å². The molecule has 7 nitrogen and oxygen atoms in total. The minimum absolute atomic E-state index is 0.0979. The van der Waals surface area contributed by atoms with E-state index in [1.165, 1.54) is 6.20 Å². The van der Waals surface area contributed by atoms with Crippen molar-refractivity contribution in [3.05, 3.63) is 6.20 Å². The van der Waals surface area contributed by atoms with Crippen molar-refractivity contribution in [3.63, 3.8) is 0 Å². The summed E-state index contributed by atoms with van der Waals surface area (Å²) in [4.78, 5) is 0. The molecule has 0 atom stereocenters. The lowest BCUT2D eigenvalue weighted by molar-refractivity contribution is 0.308. The Labute approximate surface area is 60.1 Å². The predicted molar refractivity (Wildman–Crippen MR) is 32.0 cm³/mol. The maximum atomic E-state index is 5.33. The minimum Gasteiger partial charge on any atom is -0.366 e. The largest absolute Gasteiger partial charge is 0.366 e. The molecule has 7 heteroatoms. The van der Waals surface area contributed by atoms with Gasteiger partial charge in [-0.3, -0.25) is 0 Å². The van der Waals surface area contributed by atoms with Crippen LogP contribution >= 0.6 is 0 Å². The van der Waals surface area contributed by atoms with E-state index in [1.807, 2.05) is 0 Å². The second-order valence-electron chi connectivity index (χ2n) is 1.78. The zero-order chi connectivity index (χ0) is 7.68. The zero-order valence-corrected chi connectivity index (χ0v) is 5.26. The topological polar surface area (TPSA) is 104 Å². The highest BCUT2D eigenvalue weighted by molar-refractivity contribution is 5.62. The molecule has 2 heterocycles. The van der Waals surface area contributed by atoms with Crippen LogP contribution in [0, 0.1) is 0 Å². The van der Waals surface area contributed by atoms with E-state index in [9.17, 15) is 0 Å². The lowest BCUT2D eigenvalue weighted by Crippen LogP contribution is -1.85. The Kier molecular flexibility index (Phi) is 1.08. The summed E-state index contributed by atoms with van der Waals surface area (Å²) in [5, 5.41) is 13.6. The summed E-state index contributed by atoms with van der Waals surface area (Å²) in [6.07, 6.45) is 1.37. The second-order valence-corrected chi connectivity index (χ2v) is 1.78. The molecule has 0 unspecified atom stereocenters. The van der Waals surface area contributed by atoms with Gasteiger partial charge in [0.25, 0.3) is 5.88 Å². The molecule has 0 spiro atoms. The van der Waals surface area contributed by atoms with Gasteiger partial charge >= 0.3 is 0 Å². The van der Waals surface area contributed by atoms with Gasteiger partial charge < -0.3 is 10.3 Å². The van der Waals surface area contributed by atoms with E-state index in [1.54, 1.807) is 0 Å². The Bertz CT molecular complexity index is 339. The lowest BCUT2D eigenvalue weighted by atomic mass is 10.3. The molecule has 0 aromatic carbocycles. The molecule has 2 aromatic rings. The fourth-order valence-electron chi connectivity index (χ4n) is 0.644. The third-order valence-electron chi connectivity index (χ3n) is 1.12. The van der Waals surface area contributed by atoms with Gasteiger partial charge in [0, 0.05) is 5.27 Å². The molecular formula is C4H3N5O2. The molecule has 56 valence electrons. The molecular weight excluding hydrogens is 150 g/mol. The Morgan fingerprint density at radius 1 is 1.45 bits per heavy atom. The molecule has 0 aliphatic carbocycles. The molecule has 2 N–H and O–H groups in total. The number of aromatic nitrogens is 4. The molecule has 11 heavy (non-hydrogen) atoms. The maximum absolute atomic E-state index is 5.33. The van der Waals surface area contributed by atoms with Gasteiger partial charge in [0.15, 0.2) is 11.4 Å². The van der Waals surface area contributed by atoms with Crippen LogP contribution in [0.5, 0.6) is 0 Å². The maximum Gasteiger partial charge on any atom is 0.252 e. The van der Waals surface area contributed by atoms with E-state index in [0.29, 0.717) is 11.4 Å². The third kappa shape index (κ3) is 0.820. The molecule has 0 amide bonds. The number of hydrogen-bond donors (Lipinski definition) is 1. The molecule has 0 saturated carbocycles. The first kappa shape index (κ1) is 5.83. The summed E-state index contributed by atoms with van der Waals surface area (Å²) in [5.74, 6) is 0.0979. The van der Waals surface area contributed by atoms with Gasteiger partial charge in [-0.05, 0) is 5.16 Å². The molecule has 0 fully saturated rings. The van der Waals surface area contributed by atoms with Crippen LogP contribution in [-0.2, 0) is 0 Å². The minimum atomic E-state index is 0.0979. The Balaban J connectivity index is 2.53. The summed E-state index contributed by atoms with van der Waals surface area (Å²) in [6.45, 7) is 0. The first-order valence-corrected chi connectivity index (χ1v) is 2.73. The SMILES string of the molecule is Nc1onnc1-c1cnon1. The molecule has 0 bridgehead atoms. The van der Waals surface area contributed by atoms with E-state index in [-0.39, 0.29) is 5.88 Å². The fourth-order valence-corrected chi connectivity index (χ4v) is 0.644. The smallest absolute Gasteiger partial charge is 0.252 e. The van der Waals surface area contributed by atoms with Gasteiger partial charge in [0.2, 0.25) is 0 Å². The number of nitrogen functional groups attached to an aromatic ring is 1. The first-order valence-electron chi connectivity index (χ1n) is 2.73. The molecule has 0 aliphatic heterocycles. The van der Waals surface area contributed by atoms with Crippen molar-refractivity contribution in [1.29, 1.82) is 0 Å². The number of hydrogen-bond acceptors (Lipinski definition) is 7. The molecule has 0 radical (unpaired) electrons. The molecule has 0 aliphatic rings. The van der Waals surface area contributed by atoms with Crippen molar-refractivity contribution < 1.29 is 9.15 Å². The summed E-state index contributed by atoms with van der Waals surface area (Å²) in [5.41, 5.74) is 6.08. The number of nitrogens with zero attached hydrogens (tertiary/aromatic N) is 4. The van der Waals surface area contributed by atoms with E-state index >= 15 is 0 Å². The standard InChI is InChI=1S/C4H3N5O2/c5-4-3(7-9-10-4)2-1-6-11-8-2/h1H,5H2. The summed E-state index contributed by atoms with van der Waals surface area (Å²) in [7, 11) is 0. The van der Waals surface area contributed by atoms with Gasteiger partial charge in [-0.2, -0.15) is 0 Å². The van der Waals surface area contributed by atoms with E-state index in [4.69, 9.17) is 5.73 Å². The van der Waals surface area contributed by atoms with E-state index in [2.05, 4.69) is 29.8 Å². The quantitative estimate of drug-likeness (QED) is 0.599. The third-order valence-corrected chi connectivity index (χ3v) is 1.12. The average Bonchev–Trinajstić information content (AvgIpc) is 2.55. The highest BCUT2D eigenvalue weighted by atomic mass is 16.6. The lowest BCUT2D eigenvalue weighted by Gasteiger charge is -1.81. The van der Waals surface area contributed by atoms with Crippen LogP contribution in [0.1, 0.15) is 0 Å². The van der Waals surface area contributed by atoms with Crippen LogP contribution in [0.4, 0.5) is 5.88 Å². The van der Waals surface area contributed by atoms with E-state index in [0.717, 1.165) is 0 Å². The Morgan fingerprint density at radius 2 is 2.36 bits per heavy atom. The summed E-state index contributed by atoms with van der Waals surface area (Å²) < 4.78 is 8.82. The molecule has 2 rings (SSSR count). The van der Waals surface area contributed by atoms with Crippen LogP contribution < -0.4 is 5.73 Å². The van der Waals surface area contributed by atoms with Crippen LogP contribution in [0.2, 0.25) is 0 Å². The van der Waals surface area contributed by atoms with Crippen molar-refractivity contribution in [2.24, 2.45) is 0 Å². The predicted octanol–water partition coefficient (Wildman–Crippen LogP) is -0.298. The first-order chi connectivity index (χ1) is 5.38. The van der Waals surface area contributed by atoms with Crippen molar-refractivity contribution in [1.82, 2.24) is 20.7 Å². The monoisotopic (exact) mass is 153 g/mol. The van der Waals surface area contributed by atoms with Crippen molar-refractivity contribution in [3.8, 4) is 11.4 Å². The Hall–Kier alpha value is -1.92. The summed E-state index contributed by atoms with van der Waals surface area (Å²) in [6, 6.07) is 0. The van der Waals surface area contributed by atoms with Crippen LogP contribution in [0.15, 0.2) is 15.3 Å². The second kappa shape index (κ2) is 2.04. The van der Waals surface area contributed by atoms with Gasteiger partial charge in [0.05, 0.1) is 0 Å². The molecule has 2 aromatic heterocycles. The molecule has 0 saturated heterocycles. The van der Waals surface area contributed by atoms with Crippen molar-refractivity contribution in [2.75, 3.05) is 5.73 Å². The van der Waals surface area contributed by atoms with Gasteiger partial charge in [0.1, 0.15) is 6.20 Å². The highest BCUT2D eigenvalue weighted by Gasteiger charge is 2.11. The van der Waals surface area contributed by atoms with Crippen molar-refractivity contribution >= 4 is 5.88 Å².